The van der Waals surface area contributed by atoms with Crippen molar-refractivity contribution in [3.05, 3.63) is 93.2 Å². The van der Waals surface area contributed by atoms with Crippen LogP contribution in [-0.2, 0) is 35.6 Å². The second-order valence-electron chi connectivity index (χ2n) is 8.27. The van der Waals surface area contributed by atoms with Gasteiger partial charge in [-0.1, -0.05) is 30.3 Å². The first-order valence-corrected chi connectivity index (χ1v) is 11.4. The second kappa shape index (κ2) is 10.4. The molecule has 0 atom stereocenters. The molecule has 0 saturated carbocycles. The van der Waals surface area contributed by atoms with Crippen LogP contribution < -0.4 is 10.9 Å². The van der Waals surface area contributed by atoms with Gasteiger partial charge in [0.15, 0.2) is 0 Å². The fourth-order valence-electron chi connectivity index (χ4n) is 4.11. The van der Waals surface area contributed by atoms with Crippen LogP contribution in [0.15, 0.2) is 59.4 Å². The molecule has 176 valence electrons. The monoisotopic (exact) mass is 460 g/mol. The van der Waals surface area contributed by atoms with E-state index in [9.17, 15) is 14.4 Å². The number of fused-ring (bicyclic) bond motifs is 1. The van der Waals surface area contributed by atoms with Crippen molar-refractivity contribution in [1.29, 1.82) is 0 Å². The van der Waals surface area contributed by atoms with Gasteiger partial charge in [-0.15, -0.1) is 0 Å². The molecule has 4 rings (SSSR count). The van der Waals surface area contributed by atoms with Crippen LogP contribution in [0.5, 0.6) is 0 Å². The molecular weight excluding hydrogens is 432 g/mol. The molecule has 1 amide bonds. The van der Waals surface area contributed by atoms with Gasteiger partial charge >= 0.3 is 5.97 Å². The molecule has 0 radical (unpaired) electrons. The number of carbonyl (C=O) groups is 2. The summed E-state index contributed by atoms with van der Waals surface area (Å²) in [4.78, 5) is 44.5. The molecule has 34 heavy (non-hydrogen) atoms. The highest BCUT2D eigenvalue weighted by Gasteiger charge is 2.23. The van der Waals surface area contributed by atoms with Gasteiger partial charge in [0.05, 0.1) is 17.9 Å². The number of esters is 1. The first-order valence-electron chi connectivity index (χ1n) is 11.4. The highest BCUT2D eigenvalue weighted by molar-refractivity contribution is 5.93. The van der Waals surface area contributed by atoms with Crippen molar-refractivity contribution in [2.45, 2.75) is 39.9 Å². The van der Waals surface area contributed by atoms with E-state index in [0.717, 1.165) is 18.8 Å². The number of anilines is 1. The van der Waals surface area contributed by atoms with Gasteiger partial charge in [0.1, 0.15) is 12.4 Å². The van der Waals surface area contributed by atoms with Gasteiger partial charge in [0.2, 0.25) is 5.91 Å². The number of hydrogen-bond donors (Lipinski definition) is 1. The quantitative estimate of drug-likeness (QED) is 0.545. The summed E-state index contributed by atoms with van der Waals surface area (Å²) < 4.78 is 6.39. The van der Waals surface area contributed by atoms with Gasteiger partial charge in [-0.25, -0.2) is 9.78 Å². The Morgan fingerprint density at radius 3 is 2.53 bits per heavy atom. The number of nitrogens with one attached hydrogen (secondary N) is 1. The third kappa shape index (κ3) is 5.40. The molecule has 8 nitrogen and oxygen atoms in total. The van der Waals surface area contributed by atoms with E-state index in [4.69, 9.17) is 4.74 Å². The summed E-state index contributed by atoms with van der Waals surface area (Å²) in [7, 11) is 0. The molecule has 1 aromatic heterocycles. The van der Waals surface area contributed by atoms with E-state index in [2.05, 4.69) is 27.3 Å². The van der Waals surface area contributed by atoms with Gasteiger partial charge in [-0.05, 0) is 50.1 Å². The Bertz CT molecular complexity index is 1240. The lowest BCUT2D eigenvalue weighted by atomic mass is 10.1. The van der Waals surface area contributed by atoms with E-state index < -0.39 is 5.97 Å². The van der Waals surface area contributed by atoms with Gasteiger partial charge in [0.25, 0.3) is 5.56 Å². The predicted octanol–water partition coefficient (Wildman–Crippen LogP) is 2.93. The maximum Gasteiger partial charge on any atom is 0.338 e. The molecule has 0 bridgehead atoms. The van der Waals surface area contributed by atoms with Crippen molar-refractivity contribution >= 4 is 17.6 Å². The molecule has 1 N–H and O–H groups in total. The Hall–Kier alpha value is -3.78. The number of aryl methyl sites for hydroxylation is 1. The average molecular weight is 461 g/mol. The van der Waals surface area contributed by atoms with E-state index in [0.29, 0.717) is 42.2 Å². The number of nitrogens with zero attached hydrogens (tertiary/aromatic N) is 3. The van der Waals surface area contributed by atoms with Crippen LogP contribution in [0.3, 0.4) is 0 Å². The first-order chi connectivity index (χ1) is 16.4. The molecular formula is C26H28N4O4. The van der Waals surface area contributed by atoms with Crippen LogP contribution in [0.25, 0.3) is 0 Å². The summed E-state index contributed by atoms with van der Waals surface area (Å²) in [5.74, 6) is -0.236. The lowest BCUT2D eigenvalue weighted by Gasteiger charge is -2.28. The minimum absolute atomic E-state index is 0.127. The zero-order chi connectivity index (χ0) is 24.1. The third-order valence-electron chi connectivity index (χ3n) is 5.82. The molecule has 3 aromatic rings. The van der Waals surface area contributed by atoms with Crippen LogP contribution in [0.2, 0.25) is 0 Å². The lowest BCUT2D eigenvalue weighted by molar-refractivity contribution is -0.116. The molecule has 0 aliphatic carbocycles. The van der Waals surface area contributed by atoms with Crippen molar-refractivity contribution in [1.82, 2.24) is 14.5 Å². The number of amides is 1. The van der Waals surface area contributed by atoms with E-state index in [1.165, 1.54) is 10.1 Å². The van der Waals surface area contributed by atoms with Gasteiger partial charge in [-0.3, -0.25) is 19.1 Å². The minimum Gasteiger partial charge on any atom is -0.462 e. The van der Waals surface area contributed by atoms with Crippen LogP contribution in [0.4, 0.5) is 5.69 Å². The molecule has 0 fully saturated rings. The first kappa shape index (κ1) is 23.4. The lowest BCUT2D eigenvalue weighted by Crippen LogP contribution is -2.39. The molecule has 1 aliphatic heterocycles. The number of carbonyl (C=O) groups excluding carboxylic acids is 2. The number of hydrogen-bond acceptors (Lipinski definition) is 6. The highest BCUT2D eigenvalue weighted by Crippen LogP contribution is 2.17. The summed E-state index contributed by atoms with van der Waals surface area (Å²) in [6.07, 6.45) is 0.602. The van der Waals surface area contributed by atoms with Crippen molar-refractivity contribution < 1.29 is 14.3 Å². The molecule has 1 aliphatic rings. The fourth-order valence-corrected chi connectivity index (χ4v) is 4.11. The van der Waals surface area contributed by atoms with Crippen molar-refractivity contribution in [3.8, 4) is 0 Å². The summed E-state index contributed by atoms with van der Waals surface area (Å²) in [6, 6.07) is 16.7. The Balaban J connectivity index is 1.43. The highest BCUT2D eigenvalue weighted by atomic mass is 16.5. The van der Waals surface area contributed by atoms with E-state index >= 15 is 0 Å². The van der Waals surface area contributed by atoms with E-state index in [1.807, 2.05) is 18.2 Å². The van der Waals surface area contributed by atoms with Crippen molar-refractivity contribution in [3.63, 3.8) is 0 Å². The number of rotatable bonds is 7. The summed E-state index contributed by atoms with van der Waals surface area (Å²) >= 11 is 0. The average Bonchev–Trinajstić information content (AvgIpc) is 2.83. The third-order valence-corrected chi connectivity index (χ3v) is 5.82. The number of benzene rings is 2. The standard InChI is InChI=1S/C26H28N4O4/c1-3-34-26(33)20-9-11-21(12-10-20)28-24(31)17-30-18(2)27-23-16-29(14-13-22(23)25(30)32)15-19-7-5-4-6-8-19/h4-12H,3,13-17H2,1-2H3,(H,28,31). The smallest absolute Gasteiger partial charge is 0.338 e. The Labute approximate surface area is 198 Å². The van der Waals surface area contributed by atoms with Crippen molar-refractivity contribution in [2.75, 3.05) is 18.5 Å². The van der Waals surface area contributed by atoms with Crippen molar-refractivity contribution in [2.24, 2.45) is 0 Å². The SMILES string of the molecule is CCOC(=O)c1ccc(NC(=O)Cn2c(C)nc3c(c2=O)CCN(Cc2ccccc2)C3)cc1. The molecule has 2 aromatic carbocycles. The number of aromatic nitrogens is 2. The number of ether oxygens (including phenoxy) is 1. The van der Waals surface area contributed by atoms with Crippen LogP contribution in [-0.4, -0.2) is 39.5 Å². The molecule has 8 heteroatoms. The maximum absolute atomic E-state index is 13.1. The largest absolute Gasteiger partial charge is 0.462 e. The van der Waals surface area contributed by atoms with Crippen LogP contribution in [0.1, 0.15) is 39.9 Å². The predicted molar refractivity (Wildman–Crippen MR) is 129 cm³/mol. The Kier molecular flexibility index (Phi) is 7.18. The van der Waals surface area contributed by atoms with Crippen LogP contribution in [0, 0.1) is 6.92 Å². The normalized spacial score (nSPS) is 13.2. The van der Waals surface area contributed by atoms with Crippen LogP contribution >= 0.6 is 0 Å². The summed E-state index contributed by atoms with van der Waals surface area (Å²) in [5.41, 5.74) is 3.48. The maximum atomic E-state index is 13.1. The van der Waals surface area contributed by atoms with Gasteiger partial charge in [-0.2, -0.15) is 0 Å². The summed E-state index contributed by atoms with van der Waals surface area (Å²) in [5, 5.41) is 2.77. The Morgan fingerprint density at radius 2 is 1.82 bits per heavy atom. The molecule has 0 unspecified atom stereocenters. The summed E-state index contributed by atoms with van der Waals surface area (Å²) in [6.45, 7) is 5.85. The van der Waals surface area contributed by atoms with Gasteiger partial charge in [0, 0.05) is 30.9 Å². The molecule has 0 saturated heterocycles. The molecule has 0 spiro atoms. The van der Waals surface area contributed by atoms with E-state index in [-0.39, 0.29) is 18.0 Å². The minimum atomic E-state index is -0.412. The Morgan fingerprint density at radius 1 is 1.09 bits per heavy atom. The van der Waals surface area contributed by atoms with E-state index in [1.54, 1.807) is 38.1 Å². The topological polar surface area (TPSA) is 93.5 Å². The van der Waals surface area contributed by atoms with Gasteiger partial charge < -0.3 is 10.1 Å². The molecule has 2 heterocycles. The zero-order valence-corrected chi connectivity index (χ0v) is 19.4. The zero-order valence-electron chi connectivity index (χ0n) is 19.4. The second-order valence-corrected chi connectivity index (χ2v) is 8.27. The fraction of sp³-hybridized carbons (Fsp3) is 0.308.